The maximum atomic E-state index is 12.6. The molecule has 0 unspecified atom stereocenters. The summed E-state index contributed by atoms with van der Waals surface area (Å²) in [6.45, 7) is 5.25. The molecule has 0 fully saturated rings. The third-order valence-electron chi connectivity index (χ3n) is 4.63. The van der Waals surface area contributed by atoms with Crippen LogP contribution >= 0.6 is 0 Å². The number of hydrogen-bond acceptors (Lipinski definition) is 7. The van der Waals surface area contributed by atoms with Gasteiger partial charge in [-0.1, -0.05) is 17.7 Å². The van der Waals surface area contributed by atoms with Gasteiger partial charge < -0.3 is 5.32 Å². The first-order valence-electron chi connectivity index (χ1n) is 9.99. The fraction of sp³-hybridized carbons (Fsp3) is 0.227. The van der Waals surface area contributed by atoms with Crippen LogP contribution in [0.25, 0.3) is 0 Å². The molecule has 33 heavy (non-hydrogen) atoms. The molecule has 1 amide bonds. The third kappa shape index (κ3) is 6.59. The minimum atomic E-state index is -3.89. The maximum absolute atomic E-state index is 12.6. The lowest BCUT2D eigenvalue weighted by Crippen LogP contribution is -2.18. The van der Waals surface area contributed by atoms with Crippen molar-refractivity contribution in [3.05, 3.63) is 71.7 Å². The highest BCUT2D eigenvalue weighted by atomic mass is 32.2. The lowest BCUT2D eigenvalue weighted by atomic mass is 10.2. The number of carbonyl (C=O) groups excluding carboxylic acids is 1. The van der Waals surface area contributed by atoms with Gasteiger partial charge in [-0.15, -0.1) is 0 Å². The summed E-state index contributed by atoms with van der Waals surface area (Å²) in [5, 5.41) is 2.58. The van der Waals surface area contributed by atoms with E-state index < -0.39 is 25.8 Å². The van der Waals surface area contributed by atoms with Crippen molar-refractivity contribution in [1.29, 1.82) is 0 Å². The lowest BCUT2D eigenvalue weighted by molar-refractivity contribution is -0.115. The molecule has 0 spiro atoms. The van der Waals surface area contributed by atoms with Gasteiger partial charge in [0.2, 0.25) is 5.91 Å². The number of nitrogens with zero attached hydrogens (tertiary/aromatic N) is 2. The molecule has 1 aromatic heterocycles. The Morgan fingerprint density at radius 2 is 1.45 bits per heavy atom. The quantitative estimate of drug-likeness (QED) is 0.497. The van der Waals surface area contributed by atoms with Crippen LogP contribution < -0.4 is 10.0 Å². The minimum Gasteiger partial charge on any atom is -0.326 e. The zero-order valence-electron chi connectivity index (χ0n) is 18.4. The Labute approximate surface area is 193 Å². The van der Waals surface area contributed by atoms with E-state index >= 15 is 0 Å². The third-order valence-corrected chi connectivity index (χ3v) is 7.73. The van der Waals surface area contributed by atoms with Crippen LogP contribution in [0.4, 0.5) is 11.5 Å². The maximum Gasteiger partial charge on any atom is 0.263 e. The molecule has 174 valence electrons. The summed E-state index contributed by atoms with van der Waals surface area (Å²) < 4.78 is 52.4. The first-order chi connectivity index (χ1) is 15.4. The Hall–Kier alpha value is -3.31. The number of anilines is 2. The van der Waals surface area contributed by atoms with Crippen molar-refractivity contribution in [2.45, 2.75) is 37.0 Å². The van der Waals surface area contributed by atoms with Crippen LogP contribution in [0.3, 0.4) is 0 Å². The summed E-state index contributed by atoms with van der Waals surface area (Å²) in [5.74, 6) is -0.232. The standard InChI is InChI=1S/C22H24N4O5S2/c1-15-4-8-19(9-5-15)32(28,29)13-12-22(27)25-18-6-10-20(11-7-18)33(30,31)26-21-14-16(2)23-17(3)24-21/h4-11,14H,12-13H2,1-3H3,(H,25,27)(H,23,24,26). The minimum absolute atomic E-state index is 0.0173. The number of hydrogen-bond donors (Lipinski definition) is 2. The molecule has 0 aliphatic carbocycles. The van der Waals surface area contributed by atoms with E-state index in [-0.39, 0.29) is 27.8 Å². The van der Waals surface area contributed by atoms with Gasteiger partial charge in [-0.05, 0) is 57.2 Å². The molecule has 0 saturated heterocycles. The predicted octanol–water partition coefficient (Wildman–Crippen LogP) is 3.01. The first-order valence-corrected chi connectivity index (χ1v) is 13.1. The van der Waals surface area contributed by atoms with Crippen molar-refractivity contribution in [1.82, 2.24) is 9.97 Å². The van der Waals surface area contributed by atoms with E-state index in [0.717, 1.165) is 5.56 Å². The largest absolute Gasteiger partial charge is 0.326 e. The second-order valence-electron chi connectivity index (χ2n) is 7.50. The summed E-state index contributed by atoms with van der Waals surface area (Å²) in [6, 6.07) is 13.5. The molecule has 0 radical (unpaired) electrons. The van der Waals surface area contributed by atoms with Gasteiger partial charge in [-0.2, -0.15) is 0 Å². The monoisotopic (exact) mass is 488 g/mol. The van der Waals surface area contributed by atoms with Gasteiger partial charge in [0.25, 0.3) is 10.0 Å². The second kappa shape index (κ2) is 9.67. The normalized spacial score (nSPS) is 11.7. The highest BCUT2D eigenvalue weighted by molar-refractivity contribution is 7.92. The molecule has 3 aromatic rings. The molecular weight excluding hydrogens is 464 g/mol. The molecule has 0 bridgehead atoms. The molecule has 11 heteroatoms. The zero-order valence-corrected chi connectivity index (χ0v) is 20.0. The number of aromatic nitrogens is 2. The Balaban J connectivity index is 1.61. The fourth-order valence-corrected chi connectivity index (χ4v) is 5.23. The summed E-state index contributed by atoms with van der Waals surface area (Å²) in [4.78, 5) is 20.5. The fourth-order valence-electron chi connectivity index (χ4n) is 3.00. The van der Waals surface area contributed by atoms with Crippen molar-refractivity contribution in [2.75, 3.05) is 15.8 Å². The molecule has 2 N–H and O–H groups in total. The number of sulfonamides is 1. The zero-order chi connectivity index (χ0) is 24.2. The van der Waals surface area contributed by atoms with Gasteiger partial charge in [0, 0.05) is 23.9 Å². The van der Waals surface area contributed by atoms with E-state index in [1.807, 2.05) is 6.92 Å². The summed E-state index contributed by atoms with van der Waals surface area (Å²) in [6.07, 6.45) is -0.232. The van der Waals surface area contributed by atoms with Crippen LogP contribution in [0.1, 0.15) is 23.5 Å². The molecule has 0 aliphatic rings. The van der Waals surface area contributed by atoms with Crippen molar-refractivity contribution in [2.24, 2.45) is 0 Å². The molecule has 0 aliphatic heterocycles. The Morgan fingerprint density at radius 3 is 2.06 bits per heavy atom. The van der Waals surface area contributed by atoms with Crippen LogP contribution in [-0.2, 0) is 24.7 Å². The Kier molecular flexibility index (Phi) is 7.13. The molecule has 2 aromatic carbocycles. The number of sulfone groups is 1. The van der Waals surface area contributed by atoms with E-state index in [0.29, 0.717) is 17.2 Å². The van der Waals surface area contributed by atoms with Crippen molar-refractivity contribution in [3.63, 3.8) is 0 Å². The van der Waals surface area contributed by atoms with Crippen molar-refractivity contribution < 1.29 is 21.6 Å². The average Bonchev–Trinajstić information content (AvgIpc) is 2.72. The number of aryl methyl sites for hydroxylation is 3. The smallest absolute Gasteiger partial charge is 0.263 e. The summed E-state index contributed by atoms with van der Waals surface area (Å²) in [5.41, 5.74) is 1.91. The first kappa shape index (κ1) is 24.3. The van der Waals surface area contributed by atoms with Crippen molar-refractivity contribution >= 4 is 37.3 Å². The van der Waals surface area contributed by atoms with Crippen LogP contribution in [0, 0.1) is 20.8 Å². The van der Waals surface area contributed by atoms with Crippen LogP contribution in [0.5, 0.6) is 0 Å². The van der Waals surface area contributed by atoms with E-state index in [2.05, 4.69) is 20.0 Å². The van der Waals surface area contributed by atoms with Gasteiger partial charge in [-0.3, -0.25) is 9.52 Å². The average molecular weight is 489 g/mol. The molecule has 0 atom stereocenters. The number of amides is 1. The SMILES string of the molecule is Cc1ccc(S(=O)(=O)CCC(=O)Nc2ccc(S(=O)(=O)Nc3cc(C)nc(C)n3)cc2)cc1. The van der Waals surface area contributed by atoms with Crippen molar-refractivity contribution in [3.8, 4) is 0 Å². The number of nitrogens with one attached hydrogen (secondary N) is 2. The predicted molar refractivity (Wildman–Crippen MR) is 125 cm³/mol. The number of carbonyl (C=O) groups is 1. The van der Waals surface area contributed by atoms with Crippen LogP contribution in [0.2, 0.25) is 0 Å². The number of rotatable bonds is 8. The van der Waals surface area contributed by atoms with E-state index in [9.17, 15) is 21.6 Å². The van der Waals surface area contributed by atoms with Crippen LogP contribution in [-0.4, -0.2) is 38.5 Å². The molecule has 3 rings (SSSR count). The summed E-state index contributed by atoms with van der Waals surface area (Å²) in [7, 11) is -7.47. The van der Waals surface area contributed by atoms with E-state index in [1.54, 1.807) is 26.0 Å². The van der Waals surface area contributed by atoms with Gasteiger partial charge >= 0.3 is 0 Å². The molecule has 9 nitrogen and oxygen atoms in total. The van der Waals surface area contributed by atoms with Gasteiger partial charge in [0.15, 0.2) is 9.84 Å². The van der Waals surface area contributed by atoms with Gasteiger partial charge in [0.1, 0.15) is 11.6 Å². The Morgan fingerprint density at radius 1 is 0.848 bits per heavy atom. The van der Waals surface area contributed by atoms with E-state index in [4.69, 9.17) is 0 Å². The molecule has 0 saturated carbocycles. The summed E-state index contributed by atoms with van der Waals surface area (Å²) >= 11 is 0. The lowest BCUT2D eigenvalue weighted by Gasteiger charge is -2.10. The molecular formula is C22H24N4O5S2. The molecule has 1 heterocycles. The Bertz CT molecular complexity index is 1350. The highest BCUT2D eigenvalue weighted by Crippen LogP contribution is 2.18. The topological polar surface area (TPSA) is 135 Å². The van der Waals surface area contributed by atoms with Gasteiger partial charge in [-0.25, -0.2) is 26.8 Å². The highest BCUT2D eigenvalue weighted by Gasteiger charge is 2.18. The number of benzene rings is 2. The van der Waals surface area contributed by atoms with Crippen LogP contribution in [0.15, 0.2) is 64.4 Å². The van der Waals surface area contributed by atoms with Gasteiger partial charge in [0.05, 0.1) is 15.5 Å². The van der Waals surface area contributed by atoms with E-state index in [1.165, 1.54) is 42.5 Å². The second-order valence-corrected chi connectivity index (χ2v) is 11.3.